The van der Waals surface area contributed by atoms with E-state index >= 15 is 0 Å². The summed E-state index contributed by atoms with van der Waals surface area (Å²) in [7, 11) is 0. The quantitative estimate of drug-likeness (QED) is 0.840. The van der Waals surface area contributed by atoms with Crippen molar-refractivity contribution in [1.29, 1.82) is 0 Å². The maximum absolute atomic E-state index is 5.75. The average molecular weight is 229 g/mol. The lowest BCUT2D eigenvalue weighted by atomic mass is 9.73. The van der Waals surface area contributed by atoms with Crippen LogP contribution in [0.5, 0.6) is 0 Å². The summed E-state index contributed by atoms with van der Waals surface area (Å²) in [6.45, 7) is 3.04. The van der Waals surface area contributed by atoms with Crippen molar-refractivity contribution in [1.82, 2.24) is 0 Å². The third-order valence-corrected chi connectivity index (χ3v) is 4.61. The lowest BCUT2D eigenvalue weighted by Crippen LogP contribution is -2.18. The van der Waals surface area contributed by atoms with E-state index in [4.69, 9.17) is 5.73 Å². The van der Waals surface area contributed by atoms with E-state index < -0.39 is 0 Å². The molecule has 0 spiro atoms. The number of hydrogen-bond acceptors (Lipinski definition) is 1. The molecule has 17 heavy (non-hydrogen) atoms. The maximum atomic E-state index is 5.75. The van der Waals surface area contributed by atoms with E-state index in [9.17, 15) is 0 Å². The number of aryl methyl sites for hydroxylation is 1. The summed E-state index contributed by atoms with van der Waals surface area (Å²) in [4.78, 5) is 0. The zero-order chi connectivity index (χ0) is 11.8. The fraction of sp³-hybridized carbons (Fsp3) is 0.625. The first-order valence-electron chi connectivity index (χ1n) is 7.10. The van der Waals surface area contributed by atoms with Crippen molar-refractivity contribution in [3.63, 3.8) is 0 Å². The van der Waals surface area contributed by atoms with E-state index in [1.807, 2.05) is 0 Å². The fourth-order valence-electron chi connectivity index (χ4n) is 3.57. The van der Waals surface area contributed by atoms with Crippen LogP contribution in [0.1, 0.15) is 60.6 Å². The van der Waals surface area contributed by atoms with Gasteiger partial charge in [0, 0.05) is 0 Å². The Hall–Kier alpha value is -0.820. The largest absolute Gasteiger partial charge is 0.330 e. The second-order valence-corrected chi connectivity index (χ2v) is 5.93. The van der Waals surface area contributed by atoms with Crippen LogP contribution < -0.4 is 5.73 Å². The highest BCUT2D eigenvalue weighted by Crippen LogP contribution is 2.51. The Morgan fingerprint density at radius 2 is 1.94 bits per heavy atom. The van der Waals surface area contributed by atoms with Crippen LogP contribution in [0.25, 0.3) is 0 Å². The van der Waals surface area contributed by atoms with Gasteiger partial charge in [0.25, 0.3) is 0 Å². The van der Waals surface area contributed by atoms with Crippen molar-refractivity contribution in [2.75, 3.05) is 6.54 Å². The summed E-state index contributed by atoms with van der Waals surface area (Å²) in [5.74, 6) is 2.58. The summed E-state index contributed by atoms with van der Waals surface area (Å²) in [5.41, 5.74) is 10.5. The number of nitrogens with two attached hydrogens (primary N) is 1. The van der Waals surface area contributed by atoms with Crippen LogP contribution in [0.3, 0.4) is 0 Å². The molecule has 2 aliphatic rings. The van der Waals surface area contributed by atoms with Crippen LogP contribution in [0, 0.1) is 12.8 Å². The molecular formula is C16H23N. The molecule has 0 saturated heterocycles. The Balaban J connectivity index is 1.96. The van der Waals surface area contributed by atoms with Gasteiger partial charge in [-0.25, -0.2) is 0 Å². The molecule has 1 saturated carbocycles. The number of fused-ring (bicyclic) bond motifs is 1. The Labute approximate surface area is 104 Å². The molecule has 1 heteroatoms. The number of rotatable bonds is 3. The van der Waals surface area contributed by atoms with E-state index in [-0.39, 0.29) is 0 Å². The molecule has 0 aromatic heterocycles. The minimum Gasteiger partial charge on any atom is -0.330 e. The van der Waals surface area contributed by atoms with Crippen molar-refractivity contribution in [3.8, 4) is 0 Å². The Morgan fingerprint density at radius 3 is 2.65 bits per heavy atom. The van der Waals surface area contributed by atoms with Gasteiger partial charge in [0.05, 0.1) is 0 Å². The molecule has 2 N–H and O–H groups in total. The fourth-order valence-corrected chi connectivity index (χ4v) is 3.57. The van der Waals surface area contributed by atoms with Crippen molar-refractivity contribution < 1.29 is 0 Å². The topological polar surface area (TPSA) is 26.0 Å². The van der Waals surface area contributed by atoms with E-state index in [0.29, 0.717) is 0 Å². The maximum Gasteiger partial charge on any atom is -0.00714 e. The van der Waals surface area contributed by atoms with E-state index in [0.717, 1.165) is 30.7 Å². The minimum atomic E-state index is 0.727. The third kappa shape index (κ3) is 2.13. The molecule has 1 fully saturated rings. The average Bonchev–Trinajstić information content (AvgIpc) is 3.13. The summed E-state index contributed by atoms with van der Waals surface area (Å²) in [6.07, 6.45) is 6.83. The monoisotopic (exact) mass is 229 g/mol. The van der Waals surface area contributed by atoms with Crippen molar-refractivity contribution in [2.45, 2.75) is 50.9 Å². The van der Waals surface area contributed by atoms with Gasteiger partial charge in [-0.3, -0.25) is 0 Å². The first-order chi connectivity index (χ1) is 8.29. The molecule has 0 bridgehead atoms. The summed E-state index contributed by atoms with van der Waals surface area (Å²) in [5, 5.41) is 0. The van der Waals surface area contributed by atoms with Crippen LogP contribution >= 0.6 is 0 Å². The SMILES string of the molecule is Cc1ccc2c(c1)C(C1CC1)CCC2CCN. The van der Waals surface area contributed by atoms with E-state index in [2.05, 4.69) is 25.1 Å². The van der Waals surface area contributed by atoms with Crippen molar-refractivity contribution in [2.24, 2.45) is 11.7 Å². The zero-order valence-electron chi connectivity index (χ0n) is 10.8. The van der Waals surface area contributed by atoms with Crippen LogP contribution in [0.4, 0.5) is 0 Å². The molecule has 2 aliphatic carbocycles. The van der Waals surface area contributed by atoms with Gasteiger partial charge in [-0.15, -0.1) is 0 Å². The molecular weight excluding hydrogens is 206 g/mol. The molecule has 2 atom stereocenters. The molecule has 0 heterocycles. The normalized spacial score (nSPS) is 27.9. The van der Waals surface area contributed by atoms with Gasteiger partial charge in [0.15, 0.2) is 0 Å². The van der Waals surface area contributed by atoms with Gasteiger partial charge in [0.1, 0.15) is 0 Å². The second kappa shape index (κ2) is 4.45. The number of benzene rings is 1. The predicted molar refractivity (Wildman–Crippen MR) is 72.3 cm³/mol. The third-order valence-electron chi connectivity index (χ3n) is 4.61. The highest BCUT2D eigenvalue weighted by Gasteiger charge is 2.37. The molecule has 1 aromatic rings. The lowest BCUT2D eigenvalue weighted by molar-refractivity contribution is 0.438. The van der Waals surface area contributed by atoms with Gasteiger partial charge < -0.3 is 5.73 Å². The second-order valence-electron chi connectivity index (χ2n) is 5.93. The molecule has 2 unspecified atom stereocenters. The lowest BCUT2D eigenvalue weighted by Gasteiger charge is -2.32. The molecule has 0 amide bonds. The summed E-state index contributed by atoms with van der Waals surface area (Å²) in [6, 6.07) is 7.10. The van der Waals surface area contributed by atoms with Crippen LogP contribution in [0.2, 0.25) is 0 Å². The Kier molecular flexibility index (Phi) is 2.96. The van der Waals surface area contributed by atoms with Gasteiger partial charge in [0.2, 0.25) is 0 Å². The van der Waals surface area contributed by atoms with Crippen LogP contribution in [0.15, 0.2) is 18.2 Å². The standard InChI is InChI=1S/C16H23N/c1-11-2-6-14-13(8-9-17)5-7-15(12-3-4-12)16(14)10-11/h2,6,10,12-13,15H,3-5,7-9,17H2,1H3. The molecule has 3 rings (SSSR count). The Morgan fingerprint density at radius 1 is 1.12 bits per heavy atom. The number of hydrogen-bond donors (Lipinski definition) is 1. The predicted octanol–water partition coefficient (Wildman–Crippen LogP) is 3.71. The smallest absolute Gasteiger partial charge is 0.00714 e. The van der Waals surface area contributed by atoms with Crippen LogP contribution in [-0.4, -0.2) is 6.54 Å². The van der Waals surface area contributed by atoms with Gasteiger partial charge >= 0.3 is 0 Å². The molecule has 1 aromatic carbocycles. The van der Waals surface area contributed by atoms with Crippen molar-refractivity contribution in [3.05, 3.63) is 34.9 Å². The van der Waals surface area contributed by atoms with Gasteiger partial charge in [-0.2, -0.15) is 0 Å². The molecule has 0 aliphatic heterocycles. The Bertz CT molecular complexity index is 406. The highest BCUT2D eigenvalue weighted by atomic mass is 14.5. The molecule has 92 valence electrons. The van der Waals surface area contributed by atoms with E-state index in [1.165, 1.54) is 31.2 Å². The molecule has 0 radical (unpaired) electrons. The molecule has 1 nitrogen and oxygen atoms in total. The van der Waals surface area contributed by atoms with Gasteiger partial charge in [-0.1, -0.05) is 23.8 Å². The summed E-state index contributed by atoms with van der Waals surface area (Å²) >= 11 is 0. The van der Waals surface area contributed by atoms with Crippen LogP contribution in [-0.2, 0) is 0 Å². The van der Waals surface area contributed by atoms with Crippen molar-refractivity contribution >= 4 is 0 Å². The summed E-state index contributed by atoms with van der Waals surface area (Å²) < 4.78 is 0. The van der Waals surface area contributed by atoms with E-state index in [1.54, 1.807) is 11.1 Å². The first-order valence-corrected chi connectivity index (χ1v) is 7.10. The zero-order valence-corrected chi connectivity index (χ0v) is 10.8. The minimum absolute atomic E-state index is 0.727. The first kappa shape index (κ1) is 11.3. The van der Waals surface area contributed by atoms with Gasteiger partial charge in [-0.05, 0) is 74.5 Å². The highest BCUT2D eigenvalue weighted by molar-refractivity contribution is 5.39.